The molecule has 1 aromatic carbocycles. The maximum atomic E-state index is 11.0. The number of carbonyl (C=O) groups excluding carboxylic acids is 1. The van der Waals surface area contributed by atoms with Gasteiger partial charge in [-0.25, -0.2) is 0 Å². The number of anilines is 1. The maximum absolute atomic E-state index is 11.0. The van der Waals surface area contributed by atoms with Crippen molar-refractivity contribution in [3.8, 4) is 0 Å². The largest absolute Gasteiger partial charge is 0.399 e. The molecule has 1 amide bonds. The molecule has 1 aromatic rings. The first-order chi connectivity index (χ1) is 6.63. The fourth-order valence-corrected chi connectivity index (χ4v) is 1.83. The van der Waals surface area contributed by atoms with Crippen LogP contribution in [0.3, 0.4) is 0 Å². The van der Waals surface area contributed by atoms with Crippen molar-refractivity contribution in [2.24, 2.45) is 0 Å². The molecule has 0 aliphatic heterocycles. The van der Waals surface area contributed by atoms with Crippen molar-refractivity contribution in [2.75, 3.05) is 18.5 Å². The van der Waals surface area contributed by atoms with E-state index in [9.17, 15) is 4.79 Å². The number of carbonyl (C=O) groups is 1. The lowest BCUT2D eigenvalue weighted by Gasteiger charge is -2.04. The molecular formula is C10H14N2OS. The van der Waals surface area contributed by atoms with Gasteiger partial charge >= 0.3 is 0 Å². The molecule has 0 radical (unpaired) electrons. The van der Waals surface area contributed by atoms with E-state index in [0.29, 0.717) is 5.75 Å². The van der Waals surface area contributed by atoms with Crippen LogP contribution in [0.2, 0.25) is 0 Å². The van der Waals surface area contributed by atoms with Crippen LogP contribution >= 0.6 is 11.8 Å². The molecule has 0 bridgehead atoms. The summed E-state index contributed by atoms with van der Waals surface area (Å²) in [4.78, 5) is 12.1. The topological polar surface area (TPSA) is 55.1 Å². The smallest absolute Gasteiger partial charge is 0.230 e. The number of hydrogen-bond acceptors (Lipinski definition) is 3. The highest BCUT2D eigenvalue weighted by molar-refractivity contribution is 8.00. The van der Waals surface area contributed by atoms with Gasteiger partial charge in [0.2, 0.25) is 5.91 Å². The lowest BCUT2D eigenvalue weighted by atomic mass is 10.2. The molecule has 0 saturated carbocycles. The summed E-state index contributed by atoms with van der Waals surface area (Å²) in [6, 6.07) is 5.78. The summed E-state index contributed by atoms with van der Waals surface area (Å²) in [6.45, 7) is 1.96. The molecule has 0 saturated heterocycles. The van der Waals surface area contributed by atoms with Crippen LogP contribution in [0.25, 0.3) is 0 Å². The average molecular weight is 210 g/mol. The molecule has 0 aliphatic carbocycles. The number of benzene rings is 1. The van der Waals surface area contributed by atoms with Gasteiger partial charge in [-0.3, -0.25) is 4.79 Å². The van der Waals surface area contributed by atoms with E-state index >= 15 is 0 Å². The number of rotatable bonds is 3. The first-order valence-electron chi connectivity index (χ1n) is 4.33. The molecule has 14 heavy (non-hydrogen) atoms. The van der Waals surface area contributed by atoms with E-state index in [1.165, 1.54) is 11.8 Å². The molecule has 0 fully saturated rings. The summed E-state index contributed by atoms with van der Waals surface area (Å²) in [5, 5.41) is 2.58. The predicted molar refractivity (Wildman–Crippen MR) is 60.4 cm³/mol. The second-order valence-corrected chi connectivity index (χ2v) is 4.03. The van der Waals surface area contributed by atoms with Crippen LogP contribution in [0.15, 0.2) is 23.1 Å². The molecule has 3 nitrogen and oxygen atoms in total. The third-order valence-corrected chi connectivity index (χ3v) is 2.88. The van der Waals surface area contributed by atoms with Crippen LogP contribution in [0.4, 0.5) is 5.69 Å². The van der Waals surface area contributed by atoms with Gasteiger partial charge in [0.05, 0.1) is 5.75 Å². The number of nitrogen functional groups attached to an aromatic ring is 1. The van der Waals surface area contributed by atoms with Crippen molar-refractivity contribution in [1.29, 1.82) is 0 Å². The highest BCUT2D eigenvalue weighted by atomic mass is 32.2. The van der Waals surface area contributed by atoms with E-state index in [4.69, 9.17) is 5.73 Å². The molecular weight excluding hydrogens is 196 g/mol. The third-order valence-electron chi connectivity index (χ3n) is 1.89. The molecule has 1 rings (SSSR count). The Morgan fingerprint density at radius 1 is 1.57 bits per heavy atom. The van der Waals surface area contributed by atoms with Gasteiger partial charge in [-0.05, 0) is 30.7 Å². The number of aryl methyl sites for hydroxylation is 1. The van der Waals surface area contributed by atoms with Crippen LogP contribution in [0, 0.1) is 6.92 Å². The number of nitrogens with one attached hydrogen (secondary N) is 1. The SMILES string of the molecule is CNC(=O)CSc1ccc(N)c(C)c1. The number of thioether (sulfide) groups is 1. The van der Waals surface area contributed by atoms with Gasteiger partial charge < -0.3 is 11.1 Å². The molecule has 4 heteroatoms. The Bertz CT molecular complexity index is 339. The van der Waals surface area contributed by atoms with Gasteiger partial charge in [-0.1, -0.05) is 0 Å². The number of nitrogens with two attached hydrogens (primary N) is 1. The summed E-state index contributed by atoms with van der Waals surface area (Å²) in [6.07, 6.45) is 0. The summed E-state index contributed by atoms with van der Waals surface area (Å²) in [7, 11) is 1.64. The van der Waals surface area contributed by atoms with Gasteiger partial charge in [0.15, 0.2) is 0 Å². The van der Waals surface area contributed by atoms with Crippen LogP contribution < -0.4 is 11.1 Å². The van der Waals surface area contributed by atoms with E-state index in [0.717, 1.165) is 16.1 Å². The minimum absolute atomic E-state index is 0.0319. The van der Waals surface area contributed by atoms with E-state index in [-0.39, 0.29) is 5.91 Å². The Kier molecular flexibility index (Phi) is 3.83. The second kappa shape index (κ2) is 4.91. The Hall–Kier alpha value is -1.16. The number of hydrogen-bond donors (Lipinski definition) is 2. The number of amides is 1. The standard InChI is InChI=1S/C10H14N2OS/c1-7-5-8(3-4-9(7)11)14-6-10(13)12-2/h3-5H,6,11H2,1-2H3,(H,12,13). The fourth-order valence-electron chi connectivity index (χ4n) is 0.959. The van der Waals surface area contributed by atoms with E-state index in [1.54, 1.807) is 7.05 Å². The summed E-state index contributed by atoms with van der Waals surface area (Å²) < 4.78 is 0. The predicted octanol–water partition coefficient (Wildman–Crippen LogP) is 1.42. The monoisotopic (exact) mass is 210 g/mol. The minimum Gasteiger partial charge on any atom is -0.399 e. The Morgan fingerprint density at radius 3 is 2.86 bits per heavy atom. The zero-order valence-electron chi connectivity index (χ0n) is 8.33. The minimum atomic E-state index is 0.0319. The highest BCUT2D eigenvalue weighted by Gasteiger charge is 2.01. The van der Waals surface area contributed by atoms with Crippen LogP contribution in [-0.4, -0.2) is 18.7 Å². The average Bonchev–Trinajstić information content (AvgIpc) is 2.19. The lowest BCUT2D eigenvalue weighted by Crippen LogP contribution is -2.19. The van der Waals surface area contributed by atoms with Crippen molar-refractivity contribution < 1.29 is 4.79 Å². The van der Waals surface area contributed by atoms with Gasteiger partial charge in [0, 0.05) is 17.6 Å². The normalized spacial score (nSPS) is 9.86. The maximum Gasteiger partial charge on any atom is 0.230 e. The van der Waals surface area contributed by atoms with Crippen molar-refractivity contribution >= 4 is 23.4 Å². The summed E-state index contributed by atoms with van der Waals surface area (Å²) in [5.74, 6) is 0.476. The van der Waals surface area contributed by atoms with Gasteiger partial charge in [0.25, 0.3) is 0 Å². The van der Waals surface area contributed by atoms with E-state index in [1.807, 2.05) is 25.1 Å². The quantitative estimate of drug-likeness (QED) is 0.586. The Morgan fingerprint density at radius 2 is 2.29 bits per heavy atom. The molecule has 0 aliphatic rings. The van der Waals surface area contributed by atoms with E-state index < -0.39 is 0 Å². The molecule has 3 N–H and O–H groups in total. The van der Waals surface area contributed by atoms with Crippen molar-refractivity contribution in [2.45, 2.75) is 11.8 Å². The molecule has 0 aromatic heterocycles. The zero-order chi connectivity index (χ0) is 10.6. The fraction of sp³-hybridized carbons (Fsp3) is 0.300. The van der Waals surface area contributed by atoms with Crippen LogP contribution in [0.1, 0.15) is 5.56 Å². The first-order valence-corrected chi connectivity index (χ1v) is 5.31. The first kappa shape index (κ1) is 10.9. The Labute approximate surface area is 88.1 Å². The van der Waals surface area contributed by atoms with Gasteiger partial charge in [0.1, 0.15) is 0 Å². The highest BCUT2D eigenvalue weighted by Crippen LogP contribution is 2.21. The van der Waals surface area contributed by atoms with Gasteiger partial charge in [-0.15, -0.1) is 11.8 Å². The lowest BCUT2D eigenvalue weighted by molar-refractivity contribution is -0.118. The van der Waals surface area contributed by atoms with Crippen molar-refractivity contribution in [3.63, 3.8) is 0 Å². The molecule has 0 atom stereocenters. The summed E-state index contributed by atoms with van der Waals surface area (Å²) in [5.41, 5.74) is 7.52. The Balaban J connectivity index is 2.60. The molecule has 0 unspecified atom stereocenters. The van der Waals surface area contributed by atoms with Crippen LogP contribution in [-0.2, 0) is 4.79 Å². The molecule has 0 spiro atoms. The van der Waals surface area contributed by atoms with Gasteiger partial charge in [-0.2, -0.15) is 0 Å². The third kappa shape index (κ3) is 2.96. The molecule has 76 valence electrons. The van der Waals surface area contributed by atoms with Crippen molar-refractivity contribution in [3.05, 3.63) is 23.8 Å². The second-order valence-electron chi connectivity index (χ2n) is 2.98. The molecule has 0 heterocycles. The summed E-state index contributed by atoms with van der Waals surface area (Å²) >= 11 is 1.51. The van der Waals surface area contributed by atoms with Crippen LogP contribution in [0.5, 0.6) is 0 Å². The van der Waals surface area contributed by atoms with Crippen molar-refractivity contribution in [1.82, 2.24) is 5.32 Å². The zero-order valence-corrected chi connectivity index (χ0v) is 9.15. The van der Waals surface area contributed by atoms with E-state index in [2.05, 4.69) is 5.32 Å².